The summed E-state index contributed by atoms with van der Waals surface area (Å²) in [4.78, 5) is 40.4. The van der Waals surface area contributed by atoms with Gasteiger partial charge < -0.3 is 5.32 Å². The lowest BCUT2D eigenvalue weighted by Crippen LogP contribution is -2.28. The van der Waals surface area contributed by atoms with Crippen LogP contribution in [-0.4, -0.2) is 30.2 Å². The molecule has 0 unspecified atom stereocenters. The average Bonchev–Trinajstić information content (AvgIpc) is 3.30. The van der Waals surface area contributed by atoms with Gasteiger partial charge in [0, 0.05) is 23.8 Å². The van der Waals surface area contributed by atoms with E-state index in [1.165, 1.54) is 18.5 Å². The number of non-ortho nitro benzene ring substituents is 1. The molecule has 0 aliphatic rings. The van der Waals surface area contributed by atoms with Gasteiger partial charge in [0.05, 0.1) is 33.5 Å². The summed E-state index contributed by atoms with van der Waals surface area (Å²) in [6, 6.07) is 24.5. The first-order valence-corrected chi connectivity index (χ1v) is 10.6. The lowest BCUT2D eigenvalue weighted by Gasteiger charge is -2.10. The molecule has 172 valence electrons. The van der Waals surface area contributed by atoms with E-state index >= 15 is 0 Å². The number of benzene rings is 3. The maximum Gasteiger partial charge on any atom is 0.270 e. The van der Waals surface area contributed by atoms with Gasteiger partial charge in [-0.25, -0.2) is 9.67 Å². The number of rotatable bonds is 6. The maximum absolute atomic E-state index is 12.9. The minimum absolute atomic E-state index is 0.0650. The summed E-state index contributed by atoms with van der Waals surface area (Å²) in [5, 5.41) is 18.6. The number of hydrogen-bond acceptors (Lipinski definition) is 6. The highest BCUT2D eigenvalue weighted by atomic mass is 16.6. The highest BCUT2D eigenvalue weighted by Gasteiger charge is 2.16. The van der Waals surface area contributed by atoms with Crippen molar-refractivity contribution in [3.8, 4) is 16.9 Å². The van der Waals surface area contributed by atoms with Crippen LogP contribution in [0.4, 0.5) is 11.5 Å². The van der Waals surface area contributed by atoms with Gasteiger partial charge in [0.15, 0.2) is 0 Å². The molecule has 0 aliphatic carbocycles. The quantitative estimate of drug-likeness (QED) is 0.300. The van der Waals surface area contributed by atoms with Crippen LogP contribution in [0.5, 0.6) is 0 Å². The second-order valence-electron chi connectivity index (χ2n) is 7.71. The summed E-state index contributed by atoms with van der Waals surface area (Å²) >= 11 is 0. The molecule has 5 rings (SSSR count). The predicted octanol–water partition coefficient (Wildman–Crippen LogP) is 3.80. The molecule has 2 aromatic heterocycles. The zero-order valence-corrected chi connectivity index (χ0v) is 18.2. The van der Waals surface area contributed by atoms with Crippen molar-refractivity contribution in [1.82, 2.24) is 19.3 Å². The van der Waals surface area contributed by atoms with Crippen LogP contribution in [0.25, 0.3) is 27.8 Å². The molecule has 0 atom stereocenters. The second-order valence-corrected chi connectivity index (χ2v) is 7.71. The molecule has 10 nitrogen and oxygen atoms in total. The number of aromatic nitrogens is 4. The summed E-state index contributed by atoms with van der Waals surface area (Å²) in [6.45, 7) is -0.328. The number of amides is 1. The number of hydrogen-bond donors (Lipinski definition) is 1. The molecule has 3 aromatic carbocycles. The van der Waals surface area contributed by atoms with Gasteiger partial charge in [0.25, 0.3) is 11.2 Å². The first-order chi connectivity index (χ1) is 17.0. The number of anilines is 1. The predicted molar refractivity (Wildman–Crippen MR) is 130 cm³/mol. The highest BCUT2D eigenvalue weighted by Crippen LogP contribution is 2.24. The van der Waals surface area contributed by atoms with Crippen LogP contribution in [0.1, 0.15) is 0 Å². The Morgan fingerprint density at radius 3 is 2.40 bits per heavy atom. The van der Waals surface area contributed by atoms with Crippen LogP contribution in [0, 0.1) is 10.1 Å². The minimum atomic E-state index is -0.585. The second kappa shape index (κ2) is 9.02. The van der Waals surface area contributed by atoms with Crippen LogP contribution >= 0.6 is 0 Å². The summed E-state index contributed by atoms with van der Waals surface area (Å²) in [6.07, 6.45) is 1.25. The molecular weight excluding hydrogens is 448 g/mol. The minimum Gasteiger partial charge on any atom is -0.309 e. The van der Waals surface area contributed by atoms with Gasteiger partial charge in [-0.3, -0.25) is 24.3 Å². The van der Waals surface area contributed by atoms with E-state index < -0.39 is 16.4 Å². The molecule has 1 amide bonds. The van der Waals surface area contributed by atoms with E-state index in [0.717, 1.165) is 21.9 Å². The van der Waals surface area contributed by atoms with E-state index in [4.69, 9.17) is 0 Å². The Labute approximate surface area is 198 Å². The molecule has 0 aliphatic heterocycles. The molecule has 0 spiro atoms. The van der Waals surface area contributed by atoms with Crippen LogP contribution in [0.3, 0.4) is 0 Å². The fraction of sp³-hybridized carbons (Fsp3) is 0.0400. The Kier molecular flexibility index (Phi) is 5.60. The number of nitrogens with zero attached hydrogens (tertiary/aromatic N) is 5. The number of carbonyl (C=O) groups excluding carboxylic acids is 1. The smallest absolute Gasteiger partial charge is 0.270 e. The summed E-state index contributed by atoms with van der Waals surface area (Å²) in [5.41, 5.74) is 1.85. The van der Waals surface area contributed by atoms with Gasteiger partial charge in [-0.1, -0.05) is 48.5 Å². The third-order valence-electron chi connectivity index (χ3n) is 5.38. The van der Waals surface area contributed by atoms with Gasteiger partial charge in [-0.05, 0) is 18.2 Å². The third kappa shape index (κ3) is 4.40. The van der Waals surface area contributed by atoms with Crippen LogP contribution in [0.15, 0.2) is 96.1 Å². The molecule has 35 heavy (non-hydrogen) atoms. The van der Waals surface area contributed by atoms with Crippen LogP contribution in [-0.2, 0) is 11.3 Å². The van der Waals surface area contributed by atoms with Gasteiger partial charge >= 0.3 is 0 Å². The third-order valence-corrected chi connectivity index (χ3v) is 5.38. The van der Waals surface area contributed by atoms with E-state index in [1.54, 1.807) is 10.7 Å². The molecule has 0 bridgehead atoms. The monoisotopic (exact) mass is 466 g/mol. The standard InChI is InChI=1S/C25H18N6O4/c32-24(15-29-16-26-21-12-11-19(31(34)35)13-20(21)25(29)33)27-23-14-22(17-7-3-1-4-8-17)28-30(23)18-9-5-2-6-10-18/h1-14,16H,15H2,(H,27,32). The number of para-hydroxylation sites is 1. The summed E-state index contributed by atoms with van der Waals surface area (Å²) in [5.74, 6) is -0.0483. The summed E-state index contributed by atoms with van der Waals surface area (Å²) < 4.78 is 2.73. The zero-order chi connectivity index (χ0) is 24.4. The van der Waals surface area contributed by atoms with E-state index in [2.05, 4.69) is 15.4 Å². The SMILES string of the molecule is O=C(Cn1cnc2ccc([N+](=O)[O-])cc2c1=O)Nc1cc(-c2ccccc2)nn1-c1ccccc1. The largest absolute Gasteiger partial charge is 0.309 e. The van der Waals surface area contributed by atoms with Crippen molar-refractivity contribution in [2.75, 3.05) is 5.32 Å². The van der Waals surface area contributed by atoms with Gasteiger partial charge in [0.1, 0.15) is 12.4 Å². The van der Waals surface area contributed by atoms with E-state index in [9.17, 15) is 19.7 Å². The van der Waals surface area contributed by atoms with Crippen molar-refractivity contribution in [3.63, 3.8) is 0 Å². The number of carbonyl (C=O) groups is 1. The fourth-order valence-corrected chi connectivity index (χ4v) is 3.70. The maximum atomic E-state index is 12.9. The first-order valence-electron chi connectivity index (χ1n) is 10.6. The van der Waals surface area contributed by atoms with E-state index in [0.29, 0.717) is 17.0 Å². The molecule has 10 heteroatoms. The Bertz CT molecular complexity index is 1610. The average molecular weight is 466 g/mol. The van der Waals surface area contributed by atoms with Crippen molar-refractivity contribution in [1.29, 1.82) is 0 Å². The number of nitro groups is 1. The number of nitrogens with one attached hydrogen (secondary N) is 1. The normalized spacial score (nSPS) is 10.9. The van der Waals surface area contributed by atoms with Crippen molar-refractivity contribution in [3.05, 3.63) is 112 Å². The van der Waals surface area contributed by atoms with Crippen molar-refractivity contribution in [2.45, 2.75) is 6.54 Å². The van der Waals surface area contributed by atoms with Gasteiger partial charge in [-0.2, -0.15) is 5.10 Å². The van der Waals surface area contributed by atoms with Crippen molar-refractivity contribution >= 4 is 28.3 Å². The molecular formula is C25H18N6O4. The topological polar surface area (TPSA) is 125 Å². The van der Waals surface area contributed by atoms with Crippen LogP contribution in [0.2, 0.25) is 0 Å². The zero-order valence-electron chi connectivity index (χ0n) is 18.2. The summed E-state index contributed by atoms with van der Waals surface area (Å²) in [7, 11) is 0. The molecule has 0 saturated heterocycles. The number of nitro benzene ring substituents is 1. The molecule has 0 fully saturated rings. The molecule has 0 saturated carbocycles. The Morgan fingerprint density at radius 1 is 0.971 bits per heavy atom. The van der Waals surface area contributed by atoms with Gasteiger partial charge in [0.2, 0.25) is 5.91 Å². The van der Waals surface area contributed by atoms with Gasteiger partial charge in [-0.15, -0.1) is 0 Å². The lowest BCUT2D eigenvalue weighted by atomic mass is 10.1. The van der Waals surface area contributed by atoms with E-state index in [1.807, 2.05) is 60.7 Å². The Morgan fingerprint density at radius 2 is 1.69 bits per heavy atom. The van der Waals surface area contributed by atoms with E-state index in [-0.39, 0.29) is 17.6 Å². The first kappa shape index (κ1) is 21.7. The molecule has 1 N–H and O–H groups in total. The fourth-order valence-electron chi connectivity index (χ4n) is 3.70. The van der Waals surface area contributed by atoms with Crippen molar-refractivity contribution in [2.24, 2.45) is 0 Å². The van der Waals surface area contributed by atoms with Crippen molar-refractivity contribution < 1.29 is 9.72 Å². The highest BCUT2D eigenvalue weighted by molar-refractivity contribution is 5.91. The number of fused-ring (bicyclic) bond motifs is 1. The van der Waals surface area contributed by atoms with Crippen LogP contribution < -0.4 is 10.9 Å². The lowest BCUT2D eigenvalue weighted by molar-refractivity contribution is -0.384. The Balaban J connectivity index is 1.46. The molecule has 5 aromatic rings. The Hall–Kier alpha value is -5.12. The molecule has 0 radical (unpaired) electrons. The molecule has 2 heterocycles.